The summed E-state index contributed by atoms with van der Waals surface area (Å²) in [7, 11) is 0. The minimum absolute atomic E-state index is 0.238. The first kappa shape index (κ1) is 14.1. The van der Waals surface area contributed by atoms with Crippen LogP contribution in [0.1, 0.15) is 25.8 Å². The van der Waals surface area contributed by atoms with Crippen molar-refractivity contribution in [1.82, 2.24) is 9.88 Å². The van der Waals surface area contributed by atoms with Crippen molar-refractivity contribution in [2.75, 3.05) is 6.54 Å². The van der Waals surface area contributed by atoms with Gasteiger partial charge in [0.25, 0.3) is 5.91 Å². The summed E-state index contributed by atoms with van der Waals surface area (Å²) >= 11 is 0. The maximum Gasteiger partial charge on any atom is 0.254 e. The van der Waals surface area contributed by atoms with Crippen molar-refractivity contribution < 1.29 is 9.90 Å². The summed E-state index contributed by atoms with van der Waals surface area (Å²) in [6.07, 6.45) is 3.56. The number of nitrogens with zero attached hydrogens (tertiary/aromatic N) is 3. The summed E-state index contributed by atoms with van der Waals surface area (Å²) in [5.41, 5.74) is -0.564. The number of pyridine rings is 1. The summed E-state index contributed by atoms with van der Waals surface area (Å²) in [5, 5.41) is 18.3. The molecule has 0 atom stereocenters. The molecule has 0 aliphatic rings. The second-order valence-corrected chi connectivity index (χ2v) is 4.56. The Hall–Kier alpha value is -1.93. The highest BCUT2D eigenvalue weighted by Crippen LogP contribution is 2.11. The summed E-state index contributed by atoms with van der Waals surface area (Å²) in [5.74, 6) is -0.387. The normalized spacial score (nSPS) is 10.8. The molecule has 1 aromatic heterocycles. The van der Waals surface area contributed by atoms with Gasteiger partial charge >= 0.3 is 0 Å². The monoisotopic (exact) mass is 247 g/mol. The fourth-order valence-corrected chi connectivity index (χ4v) is 1.54. The molecule has 1 N–H and O–H groups in total. The van der Waals surface area contributed by atoms with Crippen LogP contribution in [0.25, 0.3) is 0 Å². The van der Waals surface area contributed by atoms with Gasteiger partial charge in [0.15, 0.2) is 0 Å². The van der Waals surface area contributed by atoms with Gasteiger partial charge in [0.05, 0.1) is 12.5 Å². The largest absolute Gasteiger partial charge is 0.381 e. The van der Waals surface area contributed by atoms with Crippen LogP contribution in [0, 0.1) is 11.3 Å². The molecule has 96 valence electrons. The zero-order valence-corrected chi connectivity index (χ0v) is 10.6. The van der Waals surface area contributed by atoms with Crippen molar-refractivity contribution in [2.24, 2.45) is 0 Å². The Labute approximate surface area is 107 Å². The Morgan fingerprint density at radius 2 is 2.33 bits per heavy atom. The number of carbonyl (C=O) groups is 1. The number of aliphatic hydroxyl groups is 1. The molecule has 0 fully saturated rings. The van der Waals surface area contributed by atoms with E-state index in [0.717, 1.165) is 5.56 Å². The standard InChI is InChI=1S/C13H17N3O2/c1-13(2,18)12(17)16(8-4-6-14)10-11-5-3-7-15-9-11/h3,5,7,9,18H,4,8,10H2,1-2H3. The highest BCUT2D eigenvalue weighted by atomic mass is 16.3. The van der Waals surface area contributed by atoms with E-state index in [4.69, 9.17) is 5.26 Å². The van der Waals surface area contributed by atoms with Gasteiger partial charge in [0.2, 0.25) is 0 Å². The molecule has 0 bridgehead atoms. The van der Waals surface area contributed by atoms with E-state index in [1.54, 1.807) is 18.5 Å². The van der Waals surface area contributed by atoms with Crippen LogP contribution in [0.3, 0.4) is 0 Å². The molecule has 5 nitrogen and oxygen atoms in total. The van der Waals surface area contributed by atoms with Gasteiger partial charge in [-0.15, -0.1) is 0 Å². The first-order valence-corrected chi connectivity index (χ1v) is 5.72. The van der Waals surface area contributed by atoms with Gasteiger partial charge in [-0.05, 0) is 25.5 Å². The van der Waals surface area contributed by atoms with E-state index in [1.807, 2.05) is 12.1 Å². The zero-order chi connectivity index (χ0) is 13.6. The lowest BCUT2D eigenvalue weighted by molar-refractivity contribution is -0.148. The van der Waals surface area contributed by atoms with Gasteiger partial charge in [-0.2, -0.15) is 5.26 Å². The lowest BCUT2D eigenvalue weighted by Crippen LogP contribution is -2.45. The molecular weight excluding hydrogens is 230 g/mol. The molecule has 0 saturated carbocycles. The molecular formula is C13H17N3O2. The number of rotatable bonds is 5. The third kappa shape index (κ3) is 4.15. The molecule has 1 amide bonds. The summed E-state index contributed by atoms with van der Waals surface area (Å²) in [6.45, 7) is 3.53. The van der Waals surface area contributed by atoms with Crippen LogP contribution < -0.4 is 0 Å². The van der Waals surface area contributed by atoms with Crippen molar-refractivity contribution in [3.63, 3.8) is 0 Å². The molecule has 0 aromatic carbocycles. The molecule has 1 heterocycles. The number of hydrogen-bond donors (Lipinski definition) is 1. The van der Waals surface area contributed by atoms with E-state index in [2.05, 4.69) is 4.98 Å². The fourth-order valence-electron chi connectivity index (χ4n) is 1.54. The van der Waals surface area contributed by atoms with Crippen LogP contribution >= 0.6 is 0 Å². The van der Waals surface area contributed by atoms with Crippen molar-refractivity contribution in [3.8, 4) is 6.07 Å². The van der Waals surface area contributed by atoms with Crippen molar-refractivity contribution in [2.45, 2.75) is 32.4 Å². The number of nitriles is 1. The predicted molar refractivity (Wildman–Crippen MR) is 66.2 cm³/mol. The maximum absolute atomic E-state index is 12.0. The summed E-state index contributed by atoms with van der Waals surface area (Å²) in [6, 6.07) is 5.63. The smallest absolute Gasteiger partial charge is 0.254 e. The first-order valence-electron chi connectivity index (χ1n) is 5.72. The predicted octanol–water partition coefficient (Wildman–Crippen LogP) is 1.09. The quantitative estimate of drug-likeness (QED) is 0.845. The molecule has 18 heavy (non-hydrogen) atoms. The first-order chi connectivity index (χ1) is 8.45. The highest BCUT2D eigenvalue weighted by molar-refractivity contribution is 5.84. The third-order valence-corrected chi connectivity index (χ3v) is 2.40. The number of carbonyl (C=O) groups excluding carboxylic acids is 1. The molecule has 0 aliphatic heterocycles. The van der Waals surface area contributed by atoms with E-state index in [9.17, 15) is 9.90 Å². The average molecular weight is 247 g/mol. The Kier molecular flexibility index (Phi) is 4.81. The Morgan fingerprint density at radius 1 is 1.61 bits per heavy atom. The fraction of sp³-hybridized carbons (Fsp3) is 0.462. The van der Waals surface area contributed by atoms with Gasteiger partial charge in [-0.1, -0.05) is 6.07 Å². The minimum atomic E-state index is -1.43. The van der Waals surface area contributed by atoms with Gasteiger partial charge in [0, 0.05) is 25.5 Å². The van der Waals surface area contributed by atoms with Crippen LogP contribution in [0.15, 0.2) is 24.5 Å². The van der Waals surface area contributed by atoms with Gasteiger partial charge < -0.3 is 10.0 Å². The minimum Gasteiger partial charge on any atom is -0.381 e. The number of amides is 1. The molecule has 0 spiro atoms. The summed E-state index contributed by atoms with van der Waals surface area (Å²) < 4.78 is 0. The molecule has 0 radical (unpaired) electrons. The van der Waals surface area contributed by atoms with Gasteiger partial charge in [-0.3, -0.25) is 9.78 Å². The Balaban J connectivity index is 2.80. The SMILES string of the molecule is CC(C)(O)C(=O)N(CCC#N)Cc1cccnc1. The third-order valence-electron chi connectivity index (χ3n) is 2.40. The molecule has 0 saturated heterocycles. The van der Waals surface area contributed by atoms with E-state index in [0.29, 0.717) is 13.1 Å². The second kappa shape index (κ2) is 6.12. The highest BCUT2D eigenvalue weighted by Gasteiger charge is 2.29. The molecule has 0 unspecified atom stereocenters. The maximum atomic E-state index is 12.0. The lowest BCUT2D eigenvalue weighted by atomic mass is 10.1. The van der Waals surface area contributed by atoms with E-state index in [1.165, 1.54) is 18.7 Å². The van der Waals surface area contributed by atoms with Crippen LogP contribution in [0.2, 0.25) is 0 Å². The topological polar surface area (TPSA) is 77.2 Å². The van der Waals surface area contributed by atoms with Crippen molar-refractivity contribution in [3.05, 3.63) is 30.1 Å². The van der Waals surface area contributed by atoms with E-state index >= 15 is 0 Å². The molecule has 1 aromatic rings. The molecule has 0 aliphatic carbocycles. The van der Waals surface area contributed by atoms with Crippen LogP contribution in [0.4, 0.5) is 0 Å². The number of aromatic nitrogens is 1. The van der Waals surface area contributed by atoms with E-state index < -0.39 is 5.60 Å². The number of hydrogen-bond acceptors (Lipinski definition) is 4. The van der Waals surface area contributed by atoms with Gasteiger partial charge in [0.1, 0.15) is 5.60 Å². The molecule has 1 rings (SSSR count). The summed E-state index contributed by atoms with van der Waals surface area (Å²) in [4.78, 5) is 17.5. The van der Waals surface area contributed by atoms with Crippen molar-refractivity contribution >= 4 is 5.91 Å². The van der Waals surface area contributed by atoms with Crippen LogP contribution in [-0.2, 0) is 11.3 Å². The van der Waals surface area contributed by atoms with Crippen LogP contribution in [0.5, 0.6) is 0 Å². The Morgan fingerprint density at radius 3 is 2.83 bits per heavy atom. The second-order valence-electron chi connectivity index (χ2n) is 4.56. The Bertz CT molecular complexity index is 432. The van der Waals surface area contributed by atoms with Crippen LogP contribution in [-0.4, -0.2) is 33.0 Å². The van der Waals surface area contributed by atoms with Crippen molar-refractivity contribution in [1.29, 1.82) is 5.26 Å². The molecule has 5 heteroatoms. The zero-order valence-electron chi connectivity index (χ0n) is 10.6. The lowest BCUT2D eigenvalue weighted by Gasteiger charge is -2.28. The van der Waals surface area contributed by atoms with E-state index in [-0.39, 0.29) is 12.3 Å². The average Bonchev–Trinajstić information content (AvgIpc) is 2.33. The van der Waals surface area contributed by atoms with Gasteiger partial charge in [-0.25, -0.2) is 0 Å².